The number of benzene rings is 1. The Morgan fingerprint density at radius 2 is 1.88 bits per heavy atom. The first-order valence-corrected chi connectivity index (χ1v) is 5.82. The average molecular weight is 245 g/mol. The van der Waals surface area contributed by atoms with Crippen molar-refractivity contribution in [3.8, 4) is 0 Å². The lowest BCUT2D eigenvalue weighted by molar-refractivity contribution is -0.175. The molecular formula is C13H18F3N. The van der Waals surface area contributed by atoms with E-state index in [2.05, 4.69) is 0 Å². The van der Waals surface area contributed by atoms with Crippen molar-refractivity contribution in [3.63, 3.8) is 0 Å². The van der Waals surface area contributed by atoms with E-state index in [1.165, 1.54) is 0 Å². The summed E-state index contributed by atoms with van der Waals surface area (Å²) in [6.45, 7) is 2.05. The summed E-state index contributed by atoms with van der Waals surface area (Å²) in [6, 6.07) is 7.32. The Bertz CT molecular complexity index is 347. The minimum atomic E-state index is -4.17. The topological polar surface area (TPSA) is 26.0 Å². The van der Waals surface area contributed by atoms with Gasteiger partial charge in [0.2, 0.25) is 0 Å². The van der Waals surface area contributed by atoms with Gasteiger partial charge in [-0.3, -0.25) is 0 Å². The quantitative estimate of drug-likeness (QED) is 0.846. The number of hydrogen-bond acceptors (Lipinski definition) is 1. The molecule has 0 aliphatic heterocycles. The maximum atomic E-state index is 12.7. The summed E-state index contributed by atoms with van der Waals surface area (Å²) < 4.78 is 38.2. The number of halogens is 3. The van der Waals surface area contributed by atoms with Gasteiger partial charge < -0.3 is 5.73 Å². The second kappa shape index (κ2) is 6.05. The fourth-order valence-electron chi connectivity index (χ4n) is 1.84. The summed E-state index contributed by atoms with van der Waals surface area (Å²) >= 11 is 0. The van der Waals surface area contributed by atoms with E-state index in [0.29, 0.717) is 0 Å². The number of rotatable bonds is 5. The Kier molecular flexibility index (Phi) is 5.00. The van der Waals surface area contributed by atoms with E-state index in [1.54, 1.807) is 6.07 Å². The largest absolute Gasteiger partial charge is 0.392 e. The van der Waals surface area contributed by atoms with Gasteiger partial charge in [-0.1, -0.05) is 31.2 Å². The molecule has 0 fully saturated rings. The van der Waals surface area contributed by atoms with Crippen LogP contribution in [0.1, 0.15) is 24.5 Å². The zero-order valence-corrected chi connectivity index (χ0v) is 9.93. The Labute approximate surface area is 99.8 Å². The first-order chi connectivity index (χ1) is 7.97. The zero-order valence-electron chi connectivity index (χ0n) is 9.93. The normalized spacial score (nSPS) is 13.7. The predicted molar refractivity (Wildman–Crippen MR) is 62.7 cm³/mol. The van der Waals surface area contributed by atoms with Crippen molar-refractivity contribution in [1.29, 1.82) is 0 Å². The van der Waals surface area contributed by atoms with Crippen molar-refractivity contribution in [3.05, 3.63) is 35.4 Å². The molecule has 0 heterocycles. The Balaban J connectivity index is 2.78. The van der Waals surface area contributed by atoms with Gasteiger partial charge in [0.05, 0.1) is 5.92 Å². The van der Waals surface area contributed by atoms with Crippen LogP contribution in [0, 0.1) is 5.92 Å². The monoisotopic (exact) mass is 245 g/mol. The highest BCUT2D eigenvalue weighted by Gasteiger charge is 2.38. The highest BCUT2D eigenvalue weighted by Crippen LogP contribution is 2.31. The van der Waals surface area contributed by atoms with Crippen molar-refractivity contribution in [1.82, 2.24) is 0 Å². The summed E-state index contributed by atoms with van der Waals surface area (Å²) in [7, 11) is 0. The maximum Gasteiger partial charge on any atom is 0.392 e. The minimum Gasteiger partial charge on any atom is -0.330 e. The molecule has 1 nitrogen and oxygen atoms in total. The molecule has 1 unspecified atom stereocenters. The van der Waals surface area contributed by atoms with Crippen molar-refractivity contribution in [2.75, 3.05) is 6.54 Å². The van der Waals surface area contributed by atoms with Crippen LogP contribution in [0.15, 0.2) is 24.3 Å². The molecule has 0 bridgehead atoms. The van der Waals surface area contributed by atoms with Crippen LogP contribution in [0.25, 0.3) is 0 Å². The fourth-order valence-corrected chi connectivity index (χ4v) is 1.84. The van der Waals surface area contributed by atoms with Gasteiger partial charge in [0.15, 0.2) is 0 Å². The molecule has 0 aliphatic carbocycles. The molecule has 17 heavy (non-hydrogen) atoms. The van der Waals surface area contributed by atoms with Gasteiger partial charge in [0, 0.05) is 0 Å². The molecule has 0 aliphatic rings. The van der Waals surface area contributed by atoms with Crippen LogP contribution in [0.3, 0.4) is 0 Å². The molecule has 0 saturated carbocycles. The molecule has 0 spiro atoms. The summed E-state index contributed by atoms with van der Waals surface area (Å²) in [5, 5.41) is 0. The minimum absolute atomic E-state index is 0.0140. The third-order valence-corrected chi connectivity index (χ3v) is 2.86. The summed E-state index contributed by atoms with van der Waals surface area (Å²) in [5.74, 6) is -1.33. The molecule has 1 rings (SSSR count). The lowest BCUT2D eigenvalue weighted by Gasteiger charge is -2.19. The van der Waals surface area contributed by atoms with Crippen molar-refractivity contribution in [2.24, 2.45) is 11.7 Å². The van der Waals surface area contributed by atoms with Gasteiger partial charge in [-0.15, -0.1) is 0 Å². The van der Waals surface area contributed by atoms with Gasteiger partial charge >= 0.3 is 6.18 Å². The first-order valence-electron chi connectivity index (χ1n) is 5.82. The fraction of sp³-hybridized carbons (Fsp3) is 0.538. The second-order valence-electron chi connectivity index (χ2n) is 4.19. The highest BCUT2D eigenvalue weighted by molar-refractivity contribution is 5.24. The van der Waals surface area contributed by atoms with Gasteiger partial charge in [-0.2, -0.15) is 13.2 Å². The van der Waals surface area contributed by atoms with Crippen LogP contribution in [0.5, 0.6) is 0 Å². The number of hydrogen-bond donors (Lipinski definition) is 1. The van der Waals surface area contributed by atoms with Gasteiger partial charge in [0.1, 0.15) is 0 Å². The SMILES string of the molecule is CCc1cccc(CC(CCN)C(F)(F)F)c1. The maximum absolute atomic E-state index is 12.7. The molecular weight excluding hydrogens is 227 g/mol. The van der Waals surface area contributed by atoms with Crippen LogP contribution < -0.4 is 5.73 Å². The zero-order chi connectivity index (χ0) is 12.9. The standard InChI is InChI=1S/C13H18F3N/c1-2-10-4-3-5-11(8-10)9-12(6-7-17)13(14,15)16/h3-5,8,12H,2,6-7,9,17H2,1H3. The van der Waals surface area contributed by atoms with Crippen molar-refractivity contribution in [2.45, 2.75) is 32.4 Å². The predicted octanol–water partition coefficient (Wildman–Crippen LogP) is 3.32. The van der Waals surface area contributed by atoms with Gasteiger partial charge in [-0.25, -0.2) is 0 Å². The summed E-state index contributed by atoms with van der Waals surface area (Å²) in [4.78, 5) is 0. The average Bonchev–Trinajstić information content (AvgIpc) is 2.27. The Morgan fingerprint density at radius 1 is 1.24 bits per heavy atom. The summed E-state index contributed by atoms with van der Waals surface area (Å²) in [6.07, 6.45) is -3.32. The molecule has 96 valence electrons. The smallest absolute Gasteiger partial charge is 0.330 e. The van der Waals surface area contributed by atoms with Crippen LogP contribution >= 0.6 is 0 Å². The molecule has 1 aromatic rings. The molecule has 2 N–H and O–H groups in total. The van der Waals surface area contributed by atoms with Crippen molar-refractivity contribution < 1.29 is 13.2 Å². The van der Waals surface area contributed by atoms with E-state index in [1.807, 2.05) is 25.1 Å². The van der Waals surface area contributed by atoms with Gasteiger partial charge in [-0.05, 0) is 36.9 Å². The molecule has 0 amide bonds. The number of nitrogens with two attached hydrogens (primary N) is 1. The Morgan fingerprint density at radius 3 is 2.41 bits per heavy atom. The molecule has 0 radical (unpaired) electrons. The lowest BCUT2D eigenvalue weighted by atomic mass is 9.94. The third kappa shape index (κ3) is 4.38. The van der Waals surface area contributed by atoms with Crippen LogP contribution in [-0.2, 0) is 12.8 Å². The third-order valence-electron chi connectivity index (χ3n) is 2.86. The van der Waals surface area contributed by atoms with Gasteiger partial charge in [0.25, 0.3) is 0 Å². The molecule has 0 aromatic heterocycles. The molecule has 4 heteroatoms. The highest BCUT2D eigenvalue weighted by atomic mass is 19.4. The van der Waals surface area contributed by atoms with Crippen LogP contribution in [-0.4, -0.2) is 12.7 Å². The van der Waals surface area contributed by atoms with E-state index >= 15 is 0 Å². The van der Waals surface area contributed by atoms with E-state index in [-0.39, 0.29) is 19.4 Å². The number of aryl methyl sites for hydroxylation is 1. The van der Waals surface area contributed by atoms with E-state index < -0.39 is 12.1 Å². The van der Waals surface area contributed by atoms with Crippen LogP contribution in [0.4, 0.5) is 13.2 Å². The Hall–Kier alpha value is -1.03. The lowest BCUT2D eigenvalue weighted by Crippen LogP contribution is -2.27. The first kappa shape index (κ1) is 14.0. The van der Waals surface area contributed by atoms with E-state index in [4.69, 9.17) is 5.73 Å². The van der Waals surface area contributed by atoms with Crippen molar-refractivity contribution >= 4 is 0 Å². The second-order valence-corrected chi connectivity index (χ2v) is 4.19. The molecule has 0 saturated heterocycles. The number of alkyl halides is 3. The van der Waals surface area contributed by atoms with E-state index in [0.717, 1.165) is 17.5 Å². The van der Waals surface area contributed by atoms with Crippen LogP contribution in [0.2, 0.25) is 0 Å². The molecule has 1 atom stereocenters. The summed E-state index contributed by atoms with van der Waals surface area (Å²) in [5.41, 5.74) is 7.04. The molecule has 1 aromatic carbocycles. The van der Waals surface area contributed by atoms with E-state index in [9.17, 15) is 13.2 Å².